The lowest BCUT2D eigenvalue weighted by atomic mass is 9.52. The molecule has 0 aromatic heterocycles. The van der Waals surface area contributed by atoms with E-state index in [1.807, 2.05) is 13.8 Å². The number of aliphatic hydroxyl groups is 1. The van der Waals surface area contributed by atoms with E-state index in [4.69, 9.17) is 4.74 Å². The molecule has 3 heteroatoms. The Morgan fingerprint density at radius 3 is 2.26 bits per heavy atom. The number of rotatable bonds is 4. The molecule has 0 aliphatic heterocycles. The van der Waals surface area contributed by atoms with Crippen LogP contribution in [0.1, 0.15) is 65.2 Å². The van der Waals surface area contributed by atoms with E-state index in [1.165, 1.54) is 6.42 Å². The molecule has 19 heavy (non-hydrogen) atoms. The molecule has 0 amide bonds. The van der Waals surface area contributed by atoms with Crippen molar-refractivity contribution in [2.45, 2.75) is 76.4 Å². The topological polar surface area (TPSA) is 46.5 Å². The van der Waals surface area contributed by atoms with Crippen LogP contribution in [0, 0.1) is 17.8 Å². The predicted octanol–water partition coefficient (Wildman–Crippen LogP) is 3.05. The van der Waals surface area contributed by atoms with Crippen molar-refractivity contribution in [2.24, 2.45) is 17.8 Å². The molecule has 3 nitrogen and oxygen atoms in total. The van der Waals surface area contributed by atoms with Crippen LogP contribution in [0.25, 0.3) is 0 Å². The average molecular weight is 266 g/mol. The van der Waals surface area contributed by atoms with Gasteiger partial charge in [0.05, 0.1) is 11.5 Å². The molecule has 4 rings (SSSR count). The van der Waals surface area contributed by atoms with Crippen LogP contribution in [0.2, 0.25) is 0 Å². The highest BCUT2D eigenvalue weighted by Crippen LogP contribution is 2.59. The van der Waals surface area contributed by atoms with E-state index in [2.05, 4.69) is 0 Å². The molecule has 2 atom stereocenters. The van der Waals surface area contributed by atoms with Crippen molar-refractivity contribution in [2.75, 3.05) is 0 Å². The Morgan fingerprint density at radius 1 is 1.21 bits per heavy atom. The first-order valence-electron chi connectivity index (χ1n) is 7.93. The third-order valence-corrected chi connectivity index (χ3v) is 5.61. The van der Waals surface area contributed by atoms with Crippen molar-refractivity contribution < 1.29 is 14.6 Å². The van der Waals surface area contributed by atoms with Gasteiger partial charge in [0.1, 0.15) is 5.60 Å². The number of carbonyl (C=O) groups excluding carboxylic acids is 1. The lowest BCUT2D eigenvalue weighted by molar-refractivity contribution is -0.222. The largest absolute Gasteiger partial charge is 0.459 e. The summed E-state index contributed by atoms with van der Waals surface area (Å²) in [5.74, 6) is 1.14. The van der Waals surface area contributed by atoms with Gasteiger partial charge in [0.15, 0.2) is 0 Å². The fourth-order valence-corrected chi connectivity index (χ4v) is 5.17. The monoisotopic (exact) mass is 266 g/mol. The van der Waals surface area contributed by atoms with E-state index in [0.717, 1.165) is 38.5 Å². The highest BCUT2D eigenvalue weighted by molar-refractivity contribution is 5.72. The Labute approximate surface area is 115 Å². The van der Waals surface area contributed by atoms with Crippen molar-refractivity contribution >= 4 is 5.97 Å². The summed E-state index contributed by atoms with van der Waals surface area (Å²) in [6.07, 6.45) is 7.42. The number of hydrogen-bond acceptors (Lipinski definition) is 3. The molecule has 4 aliphatic carbocycles. The molecule has 0 heterocycles. The molecule has 0 saturated heterocycles. The SMILES string of the molecule is CCC(CC)C(=O)OC12CC3CC(CC(O)(C3)C1)C2. The lowest BCUT2D eigenvalue weighted by Crippen LogP contribution is -2.60. The number of esters is 1. The van der Waals surface area contributed by atoms with Gasteiger partial charge in [-0.15, -0.1) is 0 Å². The van der Waals surface area contributed by atoms with E-state index in [1.54, 1.807) is 0 Å². The maximum Gasteiger partial charge on any atom is 0.309 e. The normalized spacial score (nSPS) is 43.8. The third-order valence-electron chi connectivity index (χ3n) is 5.61. The van der Waals surface area contributed by atoms with Crippen molar-refractivity contribution in [1.82, 2.24) is 0 Å². The van der Waals surface area contributed by atoms with E-state index in [0.29, 0.717) is 18.3 Å². The summed E-state index contributed by atoms with van der Waals surface area (Å²) in [5, 5.41) is 10.6. The van der Waals surface area contributed by atoms with Crippen molar-refractivity contribution in [1.29, 1.82) is 0 Å². The highest BCUT2D eigenvalue weighted by Gasteiger charge is 2.59. The van der Waals surface area contributed by atoms with Crippen LogP contribution in [0.3, 0.4) is 0 Å². The zero-order chi connectivity index (χ0) is 13.7. The van der Waals surface area contributed by atoms with Gasteiger partial charge in [0.2, 0.25) is 0 Å². The Kier molecular flexibility index (Phi) is 3.16. The van der Waals surface area contributed by atoms with Crippen LogP contribution in [-0.2, 0) is 9.53 Å². The summed E-state index contributed by atoms with van der Waals surface area (Å²) in [4.78, 5) is 12.3. The first-order valence-corrected chi connectivity index (χ1v) is 7.93. The molecule has 4 aliphatic rings. The maximum absolute atomic E-state index is 12.3. The zero-order valence-corrected chi connectivity index (χ0v) is 12.2. The summed E-state index contributed by atoms with van der Waals surface area (Å²) in [6, 6.07) is 0. The molecule has 0 aromatic rings. The van der Waals surface area contributed by atoms with Gasteiger partial charge in [-0.1, -0.05) is 13.8 Å². The van der Waals surface area contributed by atoms with E-state index >= 15 is 0 Å². The molecule has 4 saturated carbocycles. The molecule has 4 fully saturated rings. The minimum Gasteiger partial charge on any atom is -0.459 e. The van der Waals surface area contributed by atoms with Crippen LogP contribution in [0.15, 0.2) is 0 Å². The van der Waals surface area contributed by atoms with Gasteiger partial charge in [0, 0.05) is 6.42 Å². The second-order valence-electron chi connectivity index (χ2n) is 7.30. The van der Waals surface area contributed by atoms with Gasteiger partial charge in [-0.3, -0.25) is 4.79 Å². The zero-order valence-electron chi connectivity index (χ0n) is 12.2. The smallest absolute Gasteiger partial charge is 0.309 e. The summed E-state index contributed by atoms with van der Waals surface area (Å²) in [7, 11) is 0. The van der Waals surface area contributed by atoms with Crippen molar-refractivity contribution in [3.8, 4) is 0 Å². The van der Waals surface area contributed by atoms with Crippen LogP contribution < -0.4 is 0 Å². The Hall–Kier alpha value is -0.570. The van der Waals surface area contributed by atoms with Gasteiger partial charge >= 0.3 is 5.97 Å². The van der Waals surface area contributed by atoms with Crippen LogP contribution >= 0.6 is 0 Å². The molecule has 4 bridgehead atoms. The number of ether oxygens (including phenoxy) is 1. The van der Waals surface area contributed by atoms with Gasteiger partial charge in [0.25, 0.3) is 0 Å². The van der Waals surface area contributed by atoms with Crippen LogP contribution in [-0.4, -0.2) is 22.3 Å². The van der Waals surface area contributed by atoms with E-state index in [9.17, 15) is 9.90 Å². The summed E-state index contributed by atoms with van der Waals surface area (Å²) >= 11 is 0. The first kappa shape index (κ1) is 13.4. The maximum atomic E-state index is 12.3. The molecule has 108 valence electrons. The Morgan fingerprint density at radius 2 is 1.79 bits per heavy atom. The van der Waals surface area contributed by atoms with Gasteiger partial charge in [-0.2, -0.15) is 0 Å². The molecule has 2 unspecified atom stereocenters. The second-order valence-corrected chi connectivity index (χ2v) is 7.30. The van der Waals surface area contributed by atoms with Crippen LogP contribution in [0.4, 0.5) is 0 Å². The summed E-state index contributed by atoms with van der Waals surface area (Å²) in [6.45, 7) is 4.09. The molecule has 0 spiro atoms. The fraction of sp³-hybridized carbons (Fsp3) is 0.938. The summed E-state index contributed by atoms with van der Waals surface area (Å²) < 4.78 is 5.96. The Balaban J connectivity index is 1.75. The van der Waals surface area contributed by atoms with Gasteiger partial charge in [-0.25, -0.2) is 0 Å². The van der Waals surface area contributed by atoms with Gasteiger partial charge in [-0.05, 0) is 56.8 Å². The standard InChI is InChI=1S/C16H26O3/c1-3-13(4-2)14(17)19-16-8-11-5-12(9-16)7-15(18,6-11)10-16/h11-13,18H,3-10H2,1-2H3. The molecule has 0 aromatic carbocycles. The van der Waals surface area contributed by atoms with Crippen LogP contribution in [0.5, 0.6) is 0 Å². The highest BCUT2D eigenvalue weighted by atomic mass is 16.6. The quantitative estimate of drug-likeness (QED) is 0.796. The third kappa shape index (κ3) is 2.31. The first-order chi connectivity index (χ1) is 8.97. The average Bonchev–Trinajstić information content (AvgIpc) is 2.25. The van der Waals surface area contributed by atoms with Crippen molar-refractivity contribution in [3.63, 3.8) is 0 Å². The van der Waals surface area contributed by atoms with Crippen molar-refractivity contribution in [3.05, 3.63) is 0 Å². The van der Waals surface area contributed by atoms with E-state index < -0.39 is 5.60 Å². The lowest BCUT2D eigenvalue weighted by Gasteiger charge is -2.59. The molecular weight excluding hydrogens is 240 g/mol. The second kappa shape index (κ2) is 4.47. The van der Waals surface area contributed by atoms with Gasteiger partial charge < -0.3 is 9.84 Å². The number of carbonyl (C=O) groups is 1. The minimum absolute atomic E-state index is 0.0302. The minimum atomic E-state index is -0.543. The fourth-order valence-electron chi connectivity index (χ4n) is 5.17. The molecular formula is C16H26O3. The summed E-state index contributed by atoms with van der Waals surface area (Å²) in [5.41, 5.74) is -0.878. The molecule has 1 N–H and O–H groups in total. The molecule has 0 radical (unpaired) electrons. The number of hydrogen-bond donors (Lipinski definition) is 1. The Bertz CT molecular complexity index is 358. The predicted molar refractivity (Wildman–Crippen MR) is 72.5 cm³/mol. The van der Waals surface area contributed by atoms with E-state index in [-0.39, 0.29) is 17.5 Å².